The summed E-state index contributed by atoms with van der Waals surface area (Å²) in [5.74, 6) is 1.70. The van der Waals surface area contributed by atoms with E-state index in [2.05, 4.69) is 5.32 Å². The molecule has 3 rings (SSSR count). The molecule has 110 valence electrons. The summed E-state index contributed by atoms with van der Waals surface area (Å²) in [6, 6.07) is 5.87. The van der Waals surface area contributed by atoms with Crippen LogP contribution in [0.2, 0.25) is 0 Å². The van der Waals surface area contributed by atoms with E-state index in [9.17, 15) is 0 Å². The van der Waals surface area contributed by atoms with E-state index in [0.29, 0.717) is 0 Å². The van der Waals surface area contributed by atoms with E-state index in [0.717, 1.165) is 30.2 Å². The lowest BCUT2D eigenvalue weighted by Gasteiger charge is -2.39. The van der Waals surface area contributed by atoms with Gasteiger partial charge in [0.05, 0.1) is 26.9 Å². The van der Waals surface area contributed by atoms with Crippen LogP contribution in [0.15, 0.2) is 18.2 Å². The summed E-state index contributed by atoms with van der Waals surface area (Å²) in [5.41, 5.74) is 1.29. The summed E-state index contributed by atoms with van der Waals surface area (Å²) < 4.78 is 16.9. The Hall–Kier alpha value is -1.26. The minimum Gasteiger partial charge on any atom is -0.497 e. The summed E-state index contributed by atoms with van der Waals surface area (Å²) in [7, 11) is 3.37. The third kappa shape index (κ3) is 2.50. The topological polar surface area (TPSA) is 39.7 Å². The molecule has 2 fully saturated rings. The molecule has 0 bridgehead atoms. The summed E-state index contributed by atoms with van der Waals surface area (Å²) in [5, 5.41) is 3.71. The zero-order valence-corrected chi connectivity index (χ0v) is 12.3. The number of benzene rings is 1. The summed E-state index contributed by atoms with van der Waals surface area (Å²) in [4.78, 5) is 0. The molecule has 4 heteroatoms. The van der Waals surface area contributed by atoms with Crippen molar-refractivity contribution in [2.75, 3.05) is 27.4 Å². The van der Waals surface area contributed by atoms with E-state index in [1.54, 1.807) is 14.2 Å². The maximum atomic E-state index is 6.15. The standard InChI is InChI=1S/C16H23NO3/c1-18-12-5-6-14(19-2)13(9-12)15-10-17-16(11-20-15)7-3-4-8-16/h5-6,9,15,17H,3-4,7-8,10-11H2,1-2H3. The van der Waals surface area contributed by atoms with Crippen LogP contribution in [0.25, 0.3) is 0 Å². The Bertz CT molecular complexity index is 459. The first kappa shape index (κ1) is 13.7. The number of nitrogens with one attached hydrogen (secondary N) is 1. The average Bonchev–Trinajstić information content (AvgIpc) is 2.95. The normalized spacial score (nSPS) is 24.8. The number of rotatable bonds is 3. The van der Waals surface area contributed by atoms with E-state index in [-0.39, 0.29) is 11.6 Å². The molecule has 4 nitrogen and oxygen atoms in total. The van der Waals surface area contributed by atoms with Gasteiger partial charge < -0.3 is 19.5 Å². The molecule has 1 heterocycles. The fourth-order valence-corrected chi connectivity index (χ4v) is 3.34. The van der Waals surface area contributed by atoms with Crippen LogP contribution in [0, 0.1) is 0 Å². The van der Waals surface area contributed by atoms with Gasteiger partial charge in [0.25, 0.3) is 0 Å². The maximum Gasteiger partial charge on any atom is 0.124 e. The summed E-state index contributed by atoms with van der Waals surface area (Å²) in [6.45, 7) is 1.63. The minimum absolute atomic E-state index is 0.0336. The third-order valence-corrected chi connectivity index (χ3v) is 4.57. The second-order valence-corrected chi connectivity index (χ2v) is 5.78. The maximum absolute atomic E-state index is 6.15. The number of methoxy groups -OCH3 is 2. The Balaban J connectivity index is 1.76. The molecule has 1 saturated carbocycles. The molecule has 1 saturated heterocycles. The Labute approximate surface area is 120 Å². The van der Waals surface area contributed by atoms with E-state index >= 15 is 0 Å². The van der Waals surface area contributed by atoms with Gasteiger partial charge in [-0.15, -0.1) is 0 Å². The molecule has 1 aromatic rings. The van der Waals surface area contributed by atoms with Crippen molar-refractivity contribution in [3.8, 4) is 11.5 Å². The molecule has 1 aliphatic carbocycles. The fourth-order valence-electron chi connectivity index (χ4n) is 3.34. The smallest absolute Gasteiger partial charge is 0.124 e. The Morgan fingerprint density at radius 3 is 2.60 bits per heavy atom. The third-order valence-electron chi connectivity index (χ3n) is 4.57. The Kier molecular flexibility index (Phi) is 3.85. The van der Waals surface area contributed by atoms with Gasteiger partial charge in [0.2, 0.25) is 0 Å². The van der Waals surface area contributed by atoms with Gasteiger partial charge in [-0.1, -0.05) is 12.8 Å². The molecular formula is C16H23NO3. The van der Waals surface area contributed by atoms with Gasteiger partial charge in [-0.05, 0) is 31.0 Å². The van der Waals surface area contributed by atoms with Crippen molar-refractivity contribution in [2.24, 2.45) is 0 Å². The molecule has 1 aromatic carbocycles. The van der Waals surface area contributed by atoms with Crippen LogP contribution in [0.5, 0.6) is 11.5 Å². The molecule has 1 N–H and O–H groups in total. The highest BCUT2D eigenvalue weighted by Gasteiger charge is 2.38. The van der Waals surface area contributed by atoms with Crippen molar-refractivity contribution in [3.63, 3.8) is 0 Å². The highest BCUT2D eigenvalue weighted by atomic mass is 16.5. The predicted octanol–water partition coefficient (Wildman–Crippen LogP) is 2.68. The quantitative estimate of drug-likeness (QED) is 0.922. The molecular weight excluding hydrogens is 254 g/mol. The monoisotopic (exact) mass is 277 g/mol. The van der Waals surface area contributed by atoms with E-state index in [4.69, 9.17) is 14.2 Å². The van der Waals surface area contributed by atoms with Crippen molar-refractivity contribution >= 4 is 0 Å². The lowest BCUT2D eigenvalue weighted by molar-refractivity contribution is -0.0335. The van der Waals surface area contributed by atoms with Crippen LogP contribution in [0.4, 0.5) is 0 Å². The second kappa shape index (κ2) is 5.62. The van der Waals surface area contributed by atoms with E-state index < -0.39 is 0 Å². The molecule has 0 aromatic heterocycles. The number of morpholine rings is 1. The molecule has 0 radical (unpaired) electrons. The Morgan fingerprint density at radius 1 is 1.20 bits per heavy atom. The van der Waals surface area contributed by atoms with Gasteiger partial charge in [0.1, 0.15) is 11.5 Å². The first-order valence-corrected chi connectivity index (χ1v) is 7.35. The van der Waals surface area contributed by atoms with E-state index in [1.807, 2.05) is 18.2 Å². The molecule has 1 unspecified atom stereocenters. The van der Waals surface area contributed by atoms with Gasteiger partial charge in [0.15, 0.2) is 0 Å². The zero-order chi connectivity index (χ0) is 14.0. The molecule has 2 aliphatic rings. The van der Waals surface area contributed by atoms with Crippen molar-refractivity contribution in [3.05, 3.63) is 23.8 Å². The zero-order valence-electron chi connectivity index (χ0n) is 12.3. The van der Waals surface area contributed by atoms with Crippen LogP contribution in [0.1, 0.15) is 37.4 Å². The number of hydrogen-bond donors (Lipinski definition) is 1. The van der Waals surface area contributed by atoms with Gasteiger partial charge in [0, 0.05) is 17.6 Å². The van der Waals surface area contributed by atoms with Crippen molar-refractivity contribution < 1.29 is 14.2 Å². The highest BCUT2D eigenvalue weighted by Crippen LogP contribution is 2.38. The van der Waals surface area contributed by atoms with E-state index in [1.165, 1.54) is 25.7 Å². The van der Waals surface area contributed by atoms with Crippen LogP contribution >= 0.6 is 0 Å². The lowest BCUT2D eigenvalue weighted by atomic mass is 9.95. The van der Waals surface area contributed by atoms with Crippen LogP contribution in [-0.4, -0.2) is 32.9 Å². The predicted molar refractivity (Wildman–Crippen MR) is 77.4 cm³/mol. The second-order valence-electron chi connectivity index (χ2n) is 5.78. The van der Waals surface area contributed by atoms with Crippen LogP contribution < -0.4 is 14.8 Å². The lowest BCUT2D eigenvalue weighted by Crippen LogP contribution is -2.53. The average molecular weight is 277 g/mol. The van der Waals surface area contributed by atoms with Gasteiger partial charge in [-0.2, -0.15) is 0 Å². The number of ether oxygens (including phenoxy) is 3. The van der Waals surface area contributed by atoms with Gasteiger partial charge in [-0.3, -0.25) is 0 Å². The summed E-state index contributed by atoms with van der Waals surface area (Å²) in [6.07, 6.45) is 5.11. The van der Waals surface area contributed by atoms with Crippen molar-refractivity contribution in [2.45, 2.75) is 37.3 Å². The van der Waals surface area contributed by atoms with Crippen LogP contribution in [0.3, 0.4) is 0 Å². The first-order chi connectivity index (χ1) is 9.76. The largest absolute Gasteiger partial charge is 0.497 e. The Morgan fingerprint density at radius 2 is 2.00 bits per heavy atom. The van der Waals surface area contributed by atoms with Crippen LogP contribution in [-0.2, 0) is 4.74 Å². The molecule has 1 spiro atoms. The molecule has 1 atom stereocenters. The van der Waals surface area contributed by atoms with Gasteiger partial charge in [-0.25, -0.2) is 0 Å². The first-order valence-electron chi connectivity index (χ1n) is 7.35. The highest BCUT2D eigenvalue weighted by molar-refractivity contribution is 5.42. The summed E-state index contributed by atoms with van der Waals surface area (Å²) >= 11 is 0. The van der Waals surface area contributed by atoms with Gasteiger partial charge >= 0.3 is 0 Å². The number of hydrogen-bond acceptors (Lipinski definition) is 4. The molecule has 20 heavy (non-hydrogen) atoms. The SMILES string of the molecule is COc1ccc(OC)c(C2CNC3(CCCC3)CO2)c1. The fraction of sp³-hybridized carbons (Fsp3) is 0.625. The molecule has 0 amide bonds. The van der Waals surface area contributed by atoms with Crippen molar-refractivity contribution in [1.29, 1.82) is 0 Å². The van der Waals surface area contributed by atoms with Crippen molar-refractivity contribution in [1.82, 2.24) is 5.32 Å². The molecule has 1 aliphatic heterocycles. The minimum atomic E-state index is 0.0336.